The van der Waals surface area contributed by atoms with E-state index >= 15 is 0 Å². The van der Waals surface area contributed by atoms with Gasteiger partial charge in [0.15, 0.2) is 0 Å². The van der Waals surface area contributed by atoms with Gasteiger partial charge in [0.2, 0.25) is 0 Å². The number of aryl methyl sites for hydroxylation is 1. The van der Waals surface area contributed by atoms with Gasteiger partial charge in [-0.2, -0.15) is 0 Å². The van der Waals surface area contributed by atoms with Gasteiger partial charge in [0.05, 0.1) is 7.11 Å². The number of hydrogen-bond donors (Lipinski definition) is 0. The monoisotopic (exact) mass is 194 g/mol. The summed E-state index contributed by atoms with van der Waals surface area (Å²) in [6.45, 7) is 8.32. The van der Waals surface area contributed by atoms with Crippen molar-refractivity contribution in [1.29, 1.82) is 0 Å². The van der Waals surface area contributed by atoms with E-state index in [4.69, 9.17) is 4.74 Å². The molecule has 0 heterocycles. The van der Waals surface area contributed by atoms with Gasteiger partial charge in [0.25, 0.3) is 0 Å². The fourth-order valence-electron chi connectivity index (χ4n) is 1.44. The van der Waals surface area contributed by atoms with Crippen molar-refractivity contribution in [1.82, 2.24) is 0 Å². The molecule has 0 saturated heterocycles. The summed E-state index contributed by atoms with van der Waals surface area (Å²) in [5, 5.41) is 0. The highest BCUT2D eigenvalue weighted by Gasteiger charge is 2.03. The smallest absolute Gasteiger partial charge is 0.122 e. The Balaban J connectivity index is 0.000000791. The highest BCUT2D eigenvalue weighted by Crippen LogP contribution is 2.22. The van der Waals surface area contributed by atoms with Gasteiger partial charge in [-0.1, -0.05) is 39.3 Å². The Morgan fingerprint density at radius 3 is 2.36 bits per heavy atom. The van der Waals surface area contributed by atoms with Crippen LogP contribution in [-0.2, 0) is 6.42 Å². The highest BCUT2D eigenvalue weighted by atomic mass is 16.5. The molecule has 0 aliphatic carbocycles. The van der Waals surface area contributed by atoms with Gasteiger partial charge in [0, 0.05) is 0 Å². The predicted molar refractivity (Wildman–Crippen MR) is 63.1 cm³/mol. The third-order valence-electron chi connectivity index (χ3n) is 2.09. The number of hydrogen-bond acceptors (Lipinski definition) is 1. The minimum absolute atomic E-state index is 1.02. The summed E-state index contributed by atoms with van der Waals surface area (Å²) < 4.78 is 5.28. The summed E-state index contributed by atoms with van der Waals surface area (Å²) >= 11 is 0. The van der Waals surface area contributed by atoms with Crippen molar-refractivity contribution in [3.05, 3.63) is 29.3 Å². The molecule has 0 unspecified atom stereocenters. The number of methoxy groups -OCH3 is 1. The van der Waals surface area contributed by atoms with E-state index in [1.807, 2.05) is 26.0 Å². The van der Waals surface area contributed by atoms with Crippen LogP contribution in [0.4, 0.5) is 0 Å². The molecule has 14 heavy (non-hydrogen) atoms. The third-order valence-corrected chi connectivity index (χ3v) is 2.09. The first-order valence-corrected chi connectivity index (χ1v) is 5.42. The van der Waals surface area contributed by atoms with Crippen LogP contribution < -0.4 is 4.74 Å². The molecule has 0 spiro atoms. The molecule has 0 bridgehead atoms. The largest absolute Gasteiger partial charge is 0.496 e. The van der Waals surface area contributed by atoms with Gasteiger partial charge in [-0.3, -0.25) is 0 Å². The summed E-state index contributed by atoms with van der Waals surface area (Å²) in [6.07, 6.45) is 2.27. The molecule has 0 N–H and O–H groups in total. The lowest BCUT2D eigenvalue weighted by atomic mass is 10.0. The van der Waals surface area contributed by atoms with E-state index in [-0.39, 0.29) is 0 Å². The van der Waals surface area contributed by atoms with Crippen LogP contribution >= 0.6 is 0 Å². The minimum Gasteiger partial charge on any atom is -0.496 e. The Bertz CT molecular complexity index is 253. The van der Waals surface area contributed by atoms with E-state index in [0.29, 0.717) is 0 Å². The maximum absolute atomic E-state index is 5.28. The standard InChI is InChI=1S/C11H16O.C2H6/c1-4-6-10-9(2)7-5-8-11(10)12-3;1-2/h5,7-8H,4,6H2,1-3H3;1-2H3. The fourth-order valence-corrected chi connectivity index (χ4v) is 1.44. The van der Waals surface area contributed by atoms with Crippen molar-refractivity contribution < 1.29 is 4.74 Å². The molecule has 0 aliphatic heterocycles. The van der Waals surface area contributed by atoms with E-state index in [0.717, 1.165) is 12.2 Å². The molecule has 0 fully saturated rings. The Labute approximate surface area is 88.1 Å². The van der Waals surface area contributed by atoms with Crippen LogP contribution in [0.15, 0.2) is 18.2 Å². The molecule has 0 saturated carbocycles. The Morgan fingerprint density at radius 1 is 1.21 bits per heavy atom. The van der Waals surface area contributed by atoms with Crippen molar-refractivity contribution in [2.75, 3.05) is 7.11 Å². The molecular weight excluding hydrogens is 172 g/mol. The molecule has 1 aromatic rings. The quantitative estimate of drug-likeness (QED) is 0.707. The lowest BCUT2D eigenvalue weighted by Crippen LogP contribution is -1.94. The first-order chi connectivity index (χ1) is 6.79. The third kappa shape index (κ3) is 3.41. The molecule has 1 heteroatoms. The maximum Gasteiger partial charge on any atom is 0.122 e. The molecular formula is C13H22O. The van der Waals surface area contributed by atoms with E-state index in [9.17, 15) is 0 Å². The van der Waals surface area contributed by atoms with E-state index in [1.165, 1.54) is 17.5 Å². The summed E-state index contributed by atoms with van der Waals surface area (Å²) in [7, 11) is 1.73. The van der Waals surface area contributed by atoms with Crippen LogP contribution in [0.5, 0.6) is 5.75 Å². The van der Waals surface area contributed by atoms with Crippen LogP contribution in [0.3, 0.4) is 0 Å². The maximum atomic E-state index is 5.28. The second-order valence-electron chi connectivity index (χ2n) is 3.01. The van der Waals surface area contributed by atoms with Crippen molar-refractivity contribution in [3.63, 3.8) is 0 Å². The second-order valence-corrected chi connectivity index (χ2v) is 3.01. The van der Waals surface area contributed by atoms with Gasteiger partial charge in [-0.05, 0) is 30.5 Å². The summed E-state index contributed by atoms with van der Waals surface area (Å²) in [5.74, 6) is 1.02. The van der Waals surface area contributed by atoms with Crippen LogP contribution in [-0.4, -0.2) is 7.11 Å². The van der Waals surface area contributed by atoms with Gasteiger partial charge in [0.1, 0.15) is 5.75 Å². The summed E-state index contributed by atoms with van der Waals surface area (Å²) in [4.78, 5) is 0. The van der Waals surface area contributed by atoms with Crippen LogP contribution in [0.25, 0.3) is 0 Å². The average Bonchev–Trinajstić information content (AvgIpc) is 2.24. The zero-order chi connectivity index (χ0) is 11.0. The predicted octanol–water partition coefficient (Wildman–Crippen LogP) is 3.98. The Kier molecular flexibility index (Phi) is 6.91. The molecule has 1 nitrogen and oxygen atoms in total. The second kappa shape index (κ2) is 7.43. The van der Waals surface area contributed by atoms with Gasteiger partial charge in [-0.15, -0.1) is 0 Å². The molecule has 1 rings (SSSR count). The first kappa shape index (κ1) is 13.0. The number of rotatable bonds is 3. The number of ether oxygens (including phenoxy) is 1. The molecule has 0 radical (unpaired) electrons. The zero-order valence-electron chi connectivity index (χ0n) is 10.1. The molecule has 0 aliphatic rings. The van der Waals surface area contributed by atoms with E-state index < -0.39 is 0 Å². The van der Waals surface area contributed by atoms with Crippen molar-refractivity contribution in [2.45, 2.75) is 40.5 Å². The van der Waals surface area contributed by atoms with Crippen LogP contribution in [0.2, 0.25) is 0 Å². The topological polar surface area (TPSA) is 9.23 Å². The van der Waals surface area contributed by atoms with Crippen molar-refractivity contribution in [2.24, 2.45) is 0 Å². The minimum atomic E-state index is 1.02. The highest BCUT2D eigenvalue weighted by molar-refractivity contribution is 5.39. The molecule has 0 aromatic heterocycles. The van der Waals surface area contributed by atoms with Crippen molar-refractivity contribution >= 4 is 0 Å². The van der Waals surface area contributed by atoms with Gasteiger partial charge in [-0.25, -0.2) is 0 Å². The molecule has 0 amide bonds. The van der Waals surface area contributed by atoms with E-state index in [1.54, 1.807) is 7.11 Å². The SMILES string of the molecule is CC.CCCc1c(C)cccc1OC. The molecule has 0 atom stereocenters. The van der Waals surface area contributed by atoms with E-state index in [2.05, 4.69) is 19.9 Å². The first-order valence-electron chi connectivity index (χ1n) is 5.42. The zero-order valence-corrected chi connectivity index (χ0v) is 10.1. The lowest BCUT2D eigenvalue weighted by molar-refractivity contribution is 0.409. The number of benzene rings is 1. The van der Waals surface area contributed by atoms with Crippen LogP contribution in [0, 0.1) is 6.92 Å². The Hall–Kier alpha value is -0.980. The summed E-state index contributed by atoms with van der Waals surface area (Å²) in [5.41, 5.74) is 2.68. The Morgan fingerprint density at radius 2 is 1.86 bits per heavy atom. The fraction of sp³-hybridized carbons (Fsp3) is 0.538. The molecule has 80 valence electrons. The van der Waals surface area contributed by atoms with Crippen molar-refractivity contribution in [3.8, 4) is 5.75 Å². The van der Waals surface area contributed by atoms with Crippen LogP contribution in [0.1, 0.15) is 38.3 Å². The average molecular weight is 194 g/mol. The summed E-state index contributed by atoms with van der Waals surface area (Å²) in [6, 6.07) is 6.19. The normalized spacial score (nSPS) is 8.93. The van der Waals surface area contributed by atoms with Gasteiger partial charge < -0.3 is 4.74 Å². The molecule has 1 aromatic carbocycles. The van der Waals surface area contributed by atoms with Gasteiger partial charge >= 0.3 is 0 Å². The lowest BCUT2D eigenvalue weighted by Gasteiger charge is -2.09.